The van der Waals surface area contributed by atoms with Gasteiger partial charge < -0.3 is 13.9 Å². The van der Waals surface area contributed by atoms with E-state index in [0.29, 0.717) is 5.56 Å². The van der Waals surface area contributed by atoms with Gasteiger partial charge in [-0.2, -0.15) is 13.2 Å². The molecule has 1 heterocycles. The molecule has 0 amide bonds. The molecule has 0 saturated carbocycles. The Hall–Kier alpha value is -4.85. The minimum absolute atomic E-state index is 0.0842. The molecular formula is C31H21F3O5. The predicted octanol–water partition coefficient (Wildman–Crippen LogP) is 8.11. The van der Waals surface area contributed by atoms with Gasteiger partial charge in [0.15, 0.2) is 0 Å². The molecule has 0 aliphatic carbocycles. The lowest BCUT2D eigenvalue weighted by Gasteiger charge is -2.15. The lowest BCUT2D eigenvalue weighted by Crippen LogP contribution is -2.16. The SMILES string of the molecule is Cc1ccc(C)c(Oc2c(C(F)(F)F)oc3cc(OC(=O)c4ccc(-c5ccccc5)cc4)ccc3c2=O)c1. The second-order valence-corrected chi connectivity index (χ2v) is 8.95. The van der Waals surface area contributed by atoms with Crippen molar-refractivity contribution in [2.45, 2.75) is 20.0 Å². The highest BCUT2D eigenvalue weighted by Gasteiger charge is 2.40. The first-order valence-electron chi connectivity index (χ1n) is 11.9. The number of alkyl halides is 3. The molecule has 0 spiro atoms. The molecule has 0 bridgehead atoms. The number of hydrogen-bond donors (Lipinski definition) is 0. The monoisotopic (exact) mass is 530 g/mol. The lowest BCUT2D eigenvalue weighted by atomic mass is 10.0. The Morgan fingerprint density at radius 3 is 2.21 bits per heavy atom. The van der Waals surface area contributed by atoms with Crippen molar-refractivity contribution < 1.29 is 31.9 Å². The van der Waals surface area contributed by atoms with Crippen molar-refractivity contribution in [1.29, 1.82) is 0 Å². The van der Waals surface area contributed by atoms with Crippen molar-refractivity contribution in [2.24, 2.45) is 0 Å². The maximum absolute atomic E-state index is 13.9. The van der Waals surface area contributed by atoms with Crippen molar-refractivity contribution in [1.82, 2.24) is 0 Å². The third-order valence-corrected chi connectivity index (χ3v) is 6.07. The largest absolute Gasteiger partial charge is 0.453 e. The average Bonchev–Trinajstić information content (AvgIpc) is 2.92. The Bertz CT molecular complexity index is 1740. The third kappa shape index (κ3) is 5.40. The van der Waals surface area contributed by atoms with Crippen LogP contribution in [0.5, 0.6) is 17.2 Å². The van der Waals surface area contributed by atoms with Gasteiger partial charge in [0.1, 0.15) is 17.1 Å². The molecule has 39 heavy (non-hydrogen) atoms. The molecule has 5 nitrogen and oxygen atoms in total. The van der Waals surface area contributed by atoms with Gasteiger partial charge in [-0.15, -0.1) is 0 Å². The number of halogens is 3. The van der Waals surface area contributed by atoms with Crippen LogP contribution in [0.2, 0.25) is 0 Å². The van der Waals surface area contributed by atoms with Crippen LogP contribution in [0, 0.1) is 13.8 Å². The Labute approximate surface area is 221 Å². The van der Waals surface area contributed by atoms with Gasteiger partial charge in [-0.25, -0.2) is 4.79 Å². The summed E-state index contributed by atoms with van der Waals surface area (Å²) in [6.45, 7) is 3.40. The zero-order chi connectivity index (χ0) is 27.7. The Balaban J connectivity index is 1.46. The van der Waals surface area contributed by atoms with Gasteiger partial charge in [0.05, 0.1) is 10.9 Å². The van der Waals surface area contributed by atoms with E-state index in [1.54, 1.807) is 50.2 Å². The van der Waals surface area contributed by atoms with E-state index in [1.807, 2.05) is 30.3 Å². The van der Waals surface area contributed by atoms with E-state index in [1.165, 1.54) is 18.2 Å². The molecule has 5 aromatic rings. The molecule has 4 aromatic carbocycles. The normalized spacial score (nSPS) is 11.4. The molecule has 8 heteroatoms. The van der Waals surface area contributed by atoms with Crippen LogP contribution in [0.15, 0.2) is 100 Å². The topological polar surface area (TPSA) is 65.7 Å². The first kappa shape index (κ1) is 25.8. The first-order valence-corrected chi connectivity index (χ1v) is 11.9. The highest BCUT2D eigenvalue weighted by molar-refractivity contribution is 5.92. The summed E-state index contributed by atoms with van der Waals surface area (Å²) in [4.78, 5) is 25.8. The summed E-state index contributed by atoms with van der Waals surface area (Å²) in [5.41, 5.74) is 2.01. The van der Waals surface area contributed by atoms with Crippen molar-refractivity contribution in [3.8, 4) is 28.4 Å². The maximum atomic E-state index is 13.9. The van der Waals surface area contributed by atoms with E-state index in [2.05, 4.69) is 0 Å². The number of rotatable bonds is 5. The molecule has 196 valence electrons. The van der Waals surface area contributed by atoms with Crippen LogP contribution in [0.1, 0.15) is 27.2 Å². The number of benzene rings is 4. The molecule has 0 fully saturated rings. The molecule has 0 N–H and O–H groups in total. The average molecular weight is 530 g/mol. The number of fused-ring (bicyclic) bond motifs is 1. The van der Waals surface area contributed by atoms with Crippen molar-refractivity contribution in [3.05, 3.63) is 124 Å². The molecule has 0 unspecified atom stereocenters. The predicted molar refractivity (Wildman–Crippen MR) is 140 cm³/mol. The Morgan fingerprint density at radius 2 is 1.51 bits per heavy atom. The standard InChI is InChI=1S/C31H21F3O5/c1-18-8-9-19(2)25(16-18)38-28-27(35)24-15-14-23(17-26(24)39-29(28)31(32,33)34)37-30(36)22-12-10-21(11-13-22)20-6-4-3-5-7-20/h3-17H,1-2H3. The summed E-state index contributed by atoms with van der Waals surface area (Å²) < 4.78 is 57.7. The minimum Gasteiger partial charge on any atom is -0.449 e. The summed E-state index contributed by atoms with van der Waals surface area (Å²) in [5, 5.41) is -0.157. The van der Waals surface area contributed by atoms with Gasteiger partial charge >= 0.3 is 12.1 Å². The third-order valence-electron chi connectivity index (χ3n) is 6.07. The van der Waals surface area contributed by atoms with Crippen molar-refractivity contribution in [3.63, 3.8) is 0 Å². The fourth-order valence-electron chi connectivity index (χ4n) is 4.02. The van der Waals surface area contributed by atoms with Gasteiger partial charge in [-0.05, 0) is 66.4 Å². The van der Waals surface area contributed by atoms with Gasteiger partial charge in [-0.1, -0.05) is 54.6 Å². The van der Waals surface area contributed by atoms with Crippen LogP contribution >= 0.6 is 0 Å². The molecule has 1 aromatic heterocycles. The van der Waals surface area contributed by atoms with Crippen LogP contribution in [0.3, 0.4) is 0 Å². The highest BCUT2D eigenvalue weighted by atomic mass is 19.4. The van der Waals surface area contributed by atoms with Gasteiger partial charge in [0.2, 0.25) is 11.2 Å². The van der Waals surface area contributed by atoms with E-state index in [0.717, 1.165) is 22.8 Å². The van der Waals surface area contributed by atoms with E-state index in [9.17, 15) is 22.8 Å². The summed E-state index contributed by atoms with van der Waals surface area (Å²) in [6.07, 6.45) is -5.02. The molecule has 5 rings (SSSR count). The lowest BCUT2D eigenvalue weighted by molar-refractivity contribution is -0.154. The molecule has 0 radical (unpaired) electrons. The second-order valence-electron chi connectivity index (χ2n) is 8.95. The summed E-state index contributed by atoms with van der Waals surface area (Å²) in [7, 11) is 0. The smallest absolute Gasteiger partial charge is 0.449 e. The maximum Gasteiger partial charge on any atom is 0.453 e. The molecule has 0 atom stereocenters. The number of aryl methyl sites for hydroxylation is 2. The molecule has 0 aliphatic heterocycles. The van der Waals surface area contributed by atoms with Gasteiger partial charge in [-0.3, -0.25) is 4.79 Å². The number of esters is 1. The zero-order valence-corrected chi connectivity index (χ0v) is 20.8. The highest BCUT2D eigenvalue weighted by Crippen LogP contribution is 2.39. The Morgan fingerprint density at radius 1 is 0.821 bits per heavy atom. The molecule has 0 aliphatic rings. The van der Waals surface area contributed by atoms with Crippen LogP contribution in [-0.2, 0) is 6.18 Å². The van der Waals surface area contributed by atoms with Gasteiger partial charge in [0, 0.05) is 6.07 Å². The number of hydrogen-bond acceptors (Lipinski definition) is 5. The van der Waals surface area contributed by atoms with E-state index in [-0.39, 0.29) is 22.4 Å². The summed E-state index contributed by atoms with van der Waals surface area (Å²) >= 11 is 0. The Kier molecular flexibility index (Phi) is 6.70. The molecule has 0 saturated heterocycles. The van der Waals surface area contributed by atoms with Crippen LogP contribution in [0.25, 0.3) is 22.1 Å². The van der Waals surface area contributed by atoms with E-state index >= 15 is 0 Å². The number of carbonyl (C=O) groups excluding carboxylic acids is 1. The fraction of sp³-hybridized carbons (Fsp3) is 0.0968. The summed E-state index contributed by atoms with van der Waals surface area (Å²) in [5.74, 6) is -3.25. The molecular weight excluding hydrogens is 509 g/mol. The fourth-order valence-corrected chi connectivity index (χ4v) is 4.02. The number of ether oxygens (including phenoxy) is 2. The zero-order valence-electron chi connectivity index (χ0n) is 20.8. The summed E-state index contributed by atoms with van der Waals surface area (Å²) in [6, 6.07) is 24.9. The van der Waals surface area contributed by atoms with E-state index in [4.69, 9.17) is 13.9 Å². The van der Waals surface area contributed by atoms with Crippen molar-refractivity contribution >= 4 is 16.9 Å². The number of carbonyl (C=O) groups is 1. The van der Waals surface area contributed by atoms with Crippen LogP contribution < -0.4 is 14.9 Å². The minimum atomic E-state index is -5.02. The van der Waals surface area contributed by atoms with Crippen LogP contribution in [0.4, 0.5) is 13.2 Å². The van der Waals surface area contributed by atoms with Crippen molar-refractivity contribution in [2.75, 3.05) is 0 Å². The van der Waals surface area contributed by atoms with E-state index < -0.39 is 34.7 Å². The van der Waals surface area contributed by atoms with Crippen LogP contribution in [-0.4, -0.2) is 5.97 Å². The second kappa shape index (κ2) is 10.1. The van der Waals surface area contributed by atoms with Gasteiger partial charge in [0.25, 0.3) is 5.76 Å². The quantitative estimate of drug-likeness (QED) is 0.170. The first-order chi connectivity index (χ1) is 18.6.